The predicted octanol–water partition coefficient (Wildman–Crippen LogP) is 2.93. The lowest BCUT2D eigenvalue weighted by Crippen LogP contribution is -2.59. The third-order valence-electron chi connectivity index (χ3n) is 6.70. The largest absolute Gasteiger partial charge is 0.355 e. The van der Waals surface area contributed by atoms with Crippen LogP contribution in [0.4, 0.5) is 8.78 Å². The Morgan fingerprint density at radius 2 is 1.97 bits per heavy atom. The highest BCUT2D eigenvalue weighted by Gasteiger charge is 2.41. The molecule has 4 rings (SSSR count). The van der Waals surface area contributed by atoms with Crippen LogP contribution >= 0.6 is 0 Å². The van der Waals surface area contributed by atoms with Gasteiger partial charge in [0.15, 0.2) is 11.5 Å². The van der Waals surface area contributed by atoms with Crippen LogP contribution < -0.4 is 5.32 Å². The molecule has 1 saturated carbocycles. The molecule has 2 aliphatic rings. The molecule has 0 radical (unpaired) electrons. The lowest BCUT2D eigenvalue weighted by Gasteiger charge is -2.48. The summed E-state index contributed by atoms with van der Waals surface area (Å²) in [5, 5.41) is 6.68. The van der Waals surface area contributed by atoms with Crippen LogP contribution in [0.3, 0.4) is 0 Å². The van der Waals surface area contributed by atoms with Crippen LogP contribution in [-0.2, 0) is 4.79 Å². The van der Waals surface area contributed by atoms with Gasteiger partial charge in [-0.05, 0) is 37.3 Å². The van der Waals surface area contributed by atoms with Gasteiger partial charge in [-0.2, -0.15) is 0 Å². The Hall–Kier alpha value is -2.81. The summed E-state index contributed by atoms with van der Waals surface area (Å²) in [6.07, 6.45) is 3.00. The summed E-state index contributed by atoms with van der Waals surface area (Å²) in [5.41, 5.74) is -0.00337. The molecule has 1 saturated heterocycles. The molecule has 0 spiro atoms. The topological polar surface area (TPSA) is 78.7 Å². The highest BCUT2D eigenvalue weighted by molar-refractivity contribution is 5.94. The number of hydrogen-bond acceptors (Lipinski definition) is 5. The van der Waals surface area contributed by atoms with Crippen molar-refractivity contribution >= 4 is 11.8 Å². The van der Waals surface area contributed by atoms with Gasteiger partial charge in [-0.25, -0.2) is 8.78 Å². The quantitative estimate of drug-likeness (QED) is 0.764. The maximum atomic E-state index is 14.0. The van der Waals surface area contributed by atoms with E-state index in [0.29, 0.717) is 24.9 Å². The second-order valence-electron chi connectivity index (χ2n) is 9.03. The molecule has 1 aliphatic carbocycles. The number of carbonyl (C=O) groups is 2. The fraction of sp³-hybridized carbons (Fsp3) is 0.522. The standard InChI is InChI=1S/C23H28F2N4O3/c1-13-4-7-20(13)29-9-8-18(16(12-29)23(31)28(2)3)26-22(30)19-11-21(32-27-19)15-6-5-14(24)10-17(15)25/h5-6,10-11,13,16,18,20H,4,7-9,12H2,1-3H3,(H,26,30)/t13-,16+,18+,20-/m0/s1. The van der Waals surface area contributed by atoms with E-state index in [1.165, 1.54) is 18.6 Å². The molecule has 2 aromatic rings. The van der Waals surface area contributed by atoms with Crippen LogP contribution in [0.5, 0.6) is 0 Å². The molecule has 2 heterocycles. The van der Waals surface area contributed by atoms with E-state index in [2.05, 4.69) is 22.3 Å². The van der Waals surface area contributed by atoms with Crippen LogP contribution in [-0.4, -0.2) is 66.0 Å². The molecule has 9 heteroatoms. The van der Waals surface area contributed by atoms with Crippen molar-refractivity contribution in [1.29, 1.82) is 0 Å². The number of rotatable bonds is 5. The number of nitrogens with zero attached hydrogens (tertiary/aromatic N) is 3. The monoisotopic (exact) mass is 446 g/mol. The number of amides is 2. The van der Waals surface area contributed by atoms with E-state index in [4.69, 9.17) is 4.52 Å². The molecule has 1 aromatic heterocycles. The van der Waals surface area contributed by atoms with Gasteiger partial charge in [0.1, 0.15) is 11.6 Å². The number of likely N-dealkylation sites (tertiary alicyclic amines) is 1. The third kappa shape index (κ3) is 4.39. The van der Waals surface area contributed by atoms with Crippen molar-refractivity contribution in [3.05, 3.63) is 41.6 Å². The Kier molecular flexibility index (Phi) is 6.28. The number of halogens is 2. The highest BCUT2D eigenvalue weighted by Crippen LogP contribution is 2.34. The van der Waals surface area contributed by atoms with Crippen molar-refractivity contribution in [2.45, 2.75) is 38.3 Å². The first-order valence-corrected chi connectivity index (χ1v) is 10.9. The van der Waals surface area contributed by atoms with Crippen molar-refractivity contribution in [3.63, 3.8) is 0 Å². The van der Waals surface area contributed by atoms with Crippen molar-refractivity contribution in [2.24, 2.45) is 11.8 Å². The zero-order chi connectivity index (χ0) is 23.0. The molecular weight excluding hydrogens is 418 g/mol. The van der Waals surface area contributed by atoms with Gasteiger partial charge in [0.25, 0.3) is 5.91 Å². The summed E-state index contributed by atoms with van der Waals surface area (Å²) in [6, 6.07) is 4.55. The first-order valence-electron chi connectivity index (χ1n) is 10.9. The minimum Gasteiger partial charge on any atom is -0.355 e. The van der Waals surface area contributed by atoms with Crippen LogP contribution in [0.15, 0.2) is 28.8 Å². The van der Waals surface area contributed by atoms with Gasteiger partial charge in [-0.3, -0.25) is 14.5 Å². The molecule has 4 atom stereocenters. The Morgan fingerprint density at radius 3 is 2.59 bits per heavy atom. The number of piperidine rings is 1. The van der Waals surface area contributed by atoms with E-state index in [9.17, 15) is 18.4 Å². The van der Waals surface area contributed by atoms with Gasteiger partial charge in [0.2, 0.25) is 5.91 Å². The van der Waals surface area contributed by atoms with Crippen molar-refractivity contribution in [1.82, 2.24) is 20.3 Å². The van der Waals surface area contributed by atoms with E-state index >= 15 is 0 Å². The molecule has 172 valence electrons. The van der Waals surface area contributed by atoms with Crippen LogP contribution in [0.25, 0.3) is 11.3 Å². The molecule has 7 nitrogen and oxygen atoms in total. The molecule has 32 heavy (non-hydrogen) atoms. The summed E-state index contributed by atoms with van der Waals surface area (Å²) in [4.78, 5) is 29.6. The summed E-state index contributed by atoms with van der Waals surface area (Å²) >= 11 is 0. The van der Waals surface area contributed by atoms with E-state index in [1.54, 1.807) is 19.0 Å². The Labute approximate surface area is 185 Å². The number of benzene rings is 1. The van der Waals surface area contributed by atoms with E-state index in [-0.39, 0.29) is 34.9 Å². The summed E-state index contributed by atoms with van der Waals surface area (Å²) in [7, 11) is 3.43. The Bertz CT molecular complexity index is 1010. The third-order valence-corrected chi connectivity index (χ3v) is 6.70. The van der Waals surface area contributed by atoms with Gasteiger partial charge in [-0.1, -0.05) is 12.1 Å². The summed E-state index contributed by atoms with van der Waals surface area (Å²) in [6.45, 7) is 3.64. The number of carbonyl (C=O) groups excluding carboxylic acids is 2. The molecule has 0 bridgehead atoms. The zero-order valence-corrected chi connectivity index (χ0v) is 18.5. The smallest absolute Gasteiger partial charge is 0.273 e. The van der Waals surface area contributed by atoms with E-state index in [1.807, 2.05) is 0 Å². The Morgan fingerprint density at radius 1 is 1.19 bits per heavy atom. The number of hydrogen-bond donors (Lipinski definition) is 1. The van der Waals surface area contributed by atoms with Gasteiger partial charge in [0.05, 0.1) is 11.5 Å². The number of nitrogens with one attached hydrogen (secondary N) is 1. The van der Waals surface area contributed by atoms with Crippen LogP contribution in [0.1, 0.15) is 36.7 Å². The normalized spacial score (nSPS) is 25.8. The second-order valence-corrected chi connectivity index (χ2v) is 9.03. The zero-order valence-electron chi connectivity index (χ0n) is 18.5. The molecule has 1 aromatic carbocycles. The molecule has 1 N–H and O–H groups in total. The van der Waals surface area contributed by atoms with Crippen LogP contribution in [0, 0.1) is 23.5 Å². The first kappa shape index (κ1) is 22.4. The average molecular weight is 446 g/mol. The van der Waals surface area contributed by atoms with Gasteiger partial charge in [-0.15, -0.1) is 0 Å². The van der Waals surface area contributed by atoms with Crippen LogP contribution in [0.2, 0.25) is 0 Å². The van der Waals surface area contributed by atoms with Gasteiger partial charge < -0.3 is 14.7 Å². The maximum Gasteiger partial charge on any atom is 0.273 e. The summed E-state index contributed by atoms with van der Waals surface area (Å²) in [5.74, 6) is -1.74. The van der Waals surface area contributed by atoms with Gasteiger partial charge in [0, 0.05) is 51.4 Å². The second kappa shape index (κ2) is 8.97. The Balaban J connectivity index is 1.47. The highest BCUT2D eigenvalue weighted by atomic mass is 19.1. The first-order chi connectivity index (χ1) is 15.2. The predicted molar refractivity (Wildman–Crippen MR) is 114 cm³/mol. The molecule has 0 unspecified atom stereocenters. The lowest BCUT2D eigenvalue weighted by atomic mass is 9.78. The lowest BCUT2D eigenvalue weighted by molar-refractivity contribution is -0.136. The SMILES string of the molecule is C[C@H]1CC[C@@H]1N1CC[C@@H](NC(=O)c2cc(-c3ccc(F)cc3F)on2)[C@H](C(=O)N(C)C)C1. The van der Waals surface area contributed by atoms with Crippen molar-refractivity contribution in [3.8, 4) is 11.3 Å². The summed E-state index contributed by atoms with van der Waals surface area (Å²) < 4.78 is 32.3. The minimum absolute atomic E-state index is 0.0153. The molecule has 2 amide bonds. The fourth-order valence-corrected chi connectivity index (χ4v) is 4.67. The minimum atomic E-state index is -0.803. The van der Waals surface area contributed by atoms with Crippen molar-refractivity contribution in [2.75, 3.05) is 27.2 Å². The fourth-order valence-electron chi connectivity index (χ4n) is 4.67. The van der Waals surface area contributed by atoms with E-state index in [0.717, 1.165) is 25.1 Å². The maximum absolute atomic E-state index is 14.0. The van der Waals surface area contributed by atoms with E-state index < -0.39 is 17.5 Å². The number of aromatic nitrogens is 1. The average Bonchev–Trinajstić information content (AvgIpc) is 3.23. The van der Waals surface area contributed by atoms with Crippen molar-refractivity contribution < 1.29 is 22.9 Å². The molecule has 2 fully saturated rings. The van der Waals surface area contributed by atoms with Gasteiger partial charge >= 0.3 is 0 Å². The molecular formula is C23H28F2N4O3. The molecule has 1 aliphatic heterocycles.